The van der Waals surface area contributed by atoms with Gasteiger partial charge in [0.15, 0.2) is 0 Å². The topological polar surface area (TPSA) is 475 Å². The van der Waals surface area contributed by atoms with Crippen LogP contribution in [0.2, 0.25) is 0 Å². The van der Waals surface area contributed by atoms with Crippen molar-refractivity contribution in [2.24, 2.45) is 34.4 Å². The highest BCUT2D eigenvalue weighted by atomic mass is 16.2. The number of hydrogen-bond donors (Lipinski definition) is 9. The molecule has 0 radical (unpaired) electrons. The number of ketones is 2. The zero-order valence-corrected chi connectivity index (χ0v) is 49.2. The average molecular weight is 1180 g/mol. The zero-order valence-electron chi connectivity index (χ0n) is 49.2. The van der Waals surface area contributed by atoms with Gasteiger partial charge in [0, 0.05) is 124 Å². The Kier molecular flexibility index (Phi) is 56.6. The normalized spacial score (nSPS) is 15.3. The van der Waals surface area contributed by atoms with E-state index in [0.717, 1.165) is 155 Å². The van der Waals surface area contributed by atoms with Crippen LogP contribution in [0.5, 0.6) is 0 Å². The van der Waals surface area contributed by atoms with Crippen molar-refractivity contribution in [3.8, 4) is 0 Å². The van der Waals surface area contributed by atoms with Crippen molar-refractivity contribution < 1.29 is 76.7 Å². The minimum Gasteiger partial charge on any atom is -0.369 e. The lowest BCUT2D eigenvalue weighted by Gasteiger charge is -2.21. The molecule has 83 heavy (non-hydrogen) atoms. The van der Waals surface area contributed by atoms with Crippen molar-refractivity contribution >= 4 is 95.0 Å². The average Bonchev–Trinajstić information content (AvgIpc) is 3.93. The van der Waals surface area contributed by atoms with Crippen LogP contribution >= 0.6 is 0 Å². The SMILES string of the molecule is CC(=O)C(N)=O.CC(=O)CC(N)=O.CC=O.CN1CCCC1=O.CN1CCCCC1=O.CN1CCCCCC1=O.NC(=O)/C=C\C(N)=O.NC(=O)C=O.NC(=O)c1ccccc1.O=C1CCCCCN1.O=C1CCCCN1.O=C1CCCN1. The summed E-state index contributed by atoms with van der Waals surface area (Å²) in [6.07, 6.45) is 20.5. The Labute approximate surface area is 486 Å². The quantitative estimate of drug-likeness (QED) is 0.0715. The molecule has 12 amide bonds. The van der Waals surface area contributed by atoms with E-state index in [2.05, 4.69) is 44.6 Å². The van der Waals surface area contributed by atoms with Gasteiger partial charge >= 0.3 is 0 Å². The number of rotatable bonds is 7. The molecule has 0 aliphatic carbocycles. The molecule has 0 aromatic heterocycles. The lowest BCUT2D eigenvalue weighted by atomic mass is 10.1. The molecule has 0 bridgehead atoms. The zero-order chi connectivity index (χ0) is 64.6. The fraction of sp³-hybridized carbons (Fsp3) is 0.564. The lowest BCUT2D eigenvalue weighted by molar-refractivity contribution is -0.134. The number of nitrogens with zero attached hydrogens (tertiary/aromatic N) is 3. The van der Waals surface area contributed by atoms with E-state index in [1.807, 2.05) is 32.1 Å². The minimum atomic E-state index is -0.926. The van der Waals surface area contributed by atoms with Gasteiger partial charge in [-0.05, 0) is 90.2 Å². The Hall–Kier alpha value is -8.72. The fourth-order valence-corrected chi connectivity index (χ4v) is 6.05. The van der Waals surface area contributed by atoms with Gasteiger partial charge in [0.25, 0.3) is 11.8 Å². The Morgan fingerprint density at radius 2 is 0.783 bits per heavy atom. The number of nitrogens with two attached hydrogens (primary N) is 6. The van der Waals surface area contributed by atoms with Crippen molar-refractivity contribution in [1.29, 1.82) is 0 Å². The number of primary amides is 6. The predicted octanol–water partition coefficient (Wildman–Crippen LogP) is -0.568. The standard InChI is InChI=1S/C7H13NO.C7H7NO.2C6H11NO.2C5H9NO.C4H6N2O2.C4H7NO2.C4H7NO.C3H5NO2.C2H3NO2.C2H4O/c1-8-6-4-2-3-5-7(8)9;8-7(9)6-4-2-1-3-5-6;1-7-5-3-2-4-6(7)8;8-6-4-2-1-3-5-7-6;1-6-4-2-3-5(6)7;7-5-3-1-2-4-6-5;5-3(7)1-2-4(6)8;1-3(6)2-4(5)7;6-4-2-1-3-5-4;1-2(5)3(4)6;3-2(5)1-4;1-2-3/h2-6H2,1H3;1-5H,(H2,8,9);2-5H2,1H3;1-5H2,(H,7,8);2-4H2,1H3;1-4H2,(H,6,7);1-2H,(H2,5,7)(H2,6,8);2H2,1H3,(H2,5,7);1-3H2,(H,5,6);1H3,(H2,4,6);1H,(H2,3,5);2H,1H3/b;;;;;;2-1-;;;;;. The van der Waals surface area contributed by atoms with Gasteiger partial charge in [-0.3, -0.25) is 71.9 Å². The van der Waals surface area contributed by atoms with Crippen LogP contribution in [0.25, 0.3) is 0 Å². The van der Waals surface area contributed by atoms with Crippen LogP contribution in [0, 0.1) is 0 Å². The van der Waals surface area contributed by atoms with E-state index in [1.165, 1.54) is 39.5 Å². The number of likely N-dealkylation sites (tertiary alicyclic amines) is 3. The number of Topliss-reactive ketones (excluding diaryl/α,β-unsaturated/α-hetero) is 2. The molecule has 0 atom stereocenters. The van der Waals surface area contributed by atoms with Gasteiger partial charge < -0.3 is 69.8 Å². The Balaban J connectivity index is -0.000000268. The summed E-state index contributed by atoms with van der Waals surface area (Å²) in [5.41, 5.74) is 28.1. The molecule has 6 aliphatic heterocycles. The molecule has 0 spiro atoms. The maximum atomic E-state index is 10.9. The fourth-order valence-electron chi connectivity index (χ4n) is 6.05. The third-order valence-electron chi connectivity index (χ3n) is 10.5. The van der Waals surface area contributed by atoms with Crippen LogP contribution in [0.1, 0.15) is 153 Å². The van der Waals surface area contributed by atoms with Gasteiger partial charge in [0.1, 0.15) is 12.1 Å². The second-order valence-electron chi connectivity index (χ2n) is 18.1. The number of piperidine rings is 2. The van der Waals surface area contributed by atoms with E-state index in [9.17, 15) is 67.1 Å². The van der Waals surface area contributed by atoms with Gasteiger partial charge in [-0.25, -0.2) is 0 Å². The van der Waals surface area contributed by atoms with E-state index in [4.69, 9.17) is 15.3 Å². The van der Waals surface area contributed by atoms with Crippen LogP contribution < -0.4 is 50.4 Å². The van der Waals surface area contributed by atoms with Gasteiger partial charge in [0.05, 0.1) is 6.42 Å². The van der Waals surface area contributed by atoms with Crippen molar-refractivity contribution in [3.63, 3.8) is 0 Å². The third-order valence-corrected chi connectivity index (χ3v) is 10.5. The first-order chi connectivity index (χ1) is 39.0. The first-order valence-electron chi connectivity index (χ1n) is 26.8. The molecule has 0 unspecified atom stereocenters. The molecule has 28 nitrogen and oxygen atoms in total. The molecule has 6 saturated heterocycles. The molecule has 468 valence electrons. The molecule has 28 heteroatoms. The number of hydrogen-bond acceptors (Lipinski definition) is 16. The summed E-state index contributed by atoms with van der Waals surface area (Å²) in [6, 6.07) is 8.76. The van der Waals surface area contributed by atoms with Crippen LogP contribution in [-0.4, -0.2) is 170 Å². The minimum absolute atomic E-state index is 0.0556. The van der Waals surface area contributed by atoms with E-state index in [0.29, 0.717) is 23.3 Å². The highest BCUT2D eigenvalue weighted by Crippen LogP contribution is 2.09. The number of amides is 12. The number of benzene rings is 1. The van der Waals surface area contributed by atoms with Crippen molar-refractivity contribution in [2.75, 3.05) is 60.4 Å². The maximum absolute atomic E-state index is 10.9. The second-order valence-corrected chi connectivity index (χ2v) is 18.1. The number of carbonyl (C=O) groups excluding carboxylic acids is 16. The van der Waals surface area contributed by atoms with E-state index in [-0.39, 0.29) is 42.1 Å². The van der Waals surface area contributed by atoms with Gasteiger partial charge in [0.2, 0.25) is 71.1 Å². The monoisotopic (exact) mass is 1180 g/mol. The van der Waals surface area contributed by atoms with Crippen LogP contribution in [0.3, 0.4) is 0 Å². The number of carbonyl (C=O) groups is 16. The highest BCUT2D eigenvalue weighted by Gasteiger charge is 2.15. The maximum Gasteiger partial charge on any atom is 0.284 e. The molecular formula is C55H92N12O16. The van der Waals surface area contributed by atoms with Gasteiger partial charge in [-0.15, -0.1) is 0 Å². The highest BCUT2D eigenvalue weighted by molar-refractivity contribution is 6.34. The summed E-state index contributed by atoms with van der Waals surface area (Å²) in [6.45, 7) is 9.43. The summed E-state index contributed by atoms with van der Waals surface area (Å²) < 4.78 is 0. The molecule has 1 aromatic carbocycles. The van der Waals surface area contributed by atoms with Crippen LogP contribution in [-0.2, 0) is 71.9 Å². The summed E-state index contributed by atoms with van der Waals surface area (Å²) in [5, 5.41) is 8.23. The van der Waals surface area contributed by atoms with Crippen molar-refractivity contribution in [3.05, 3.63) is 48.0 Å². The molecule has 6 heterocycles. The summed E-state index contributed by atoms with van der Waals surface area (Å²) in [7, 11) is 5.59. The second kappa shape index (κ2) is 56.6. The number of aldehydes is 2. The Morgan fingerprint density at radius 3 is 1.06 bits per heavy atom. The number of nitrogens with one attached hydrogen (secondary N) is 3. The Bertz CT molecular complexity index is 2130. The lowest BCUT2D eigenvalue weighted by Crippen LogP contribution is -2.31. The smallest absolute Gasteiger partial charge is 0.284 e. The Morgan fingerprint density at radius 1 is 0.470 bits per heavy atom. The summed E-state index contributed by atoms with van der Waals surface area (Å²) >= 11 is 0. The summed E-state index contributed by atoms with van der Waals surface area (Å²) in [4.78, 5) is 165. The van der Waals surface area contributed by atoms with E-state index in [1.54, 1.807) is 34.1 Å². The van der Waals surface area contributed by atoms with Crippen LogP contribution in [0.15, 0.2) is 42.5 Å². The van der Waals surface area contributed by atoms with Crippen molar-refractivity contribution in [1.82, 2.24) is 30.7 Å². The van der Waals surface area contributed by atoms with E-state index >= 15 is 0 Å². The first-order valence-corrected chi connectivity index (χ1v) is 26.8. The largest absolute Gasteiger partial charge is 0.369 e. The van der Waals surface area contributed by atoms with Crippen LogP contribution in [0.4, 0.5) is 0 Å². The van der Waals surface area contributed by atoms with Gasteiger partial charge in [-0.2, -0.15) is 0 Å². The predicted molar refractivity (Wildman–Crippen MR) is 309 cm³/mol. The van der Waals surface area contributed by atoms with Gasteiger partial charge in [-0.1, -0.05) is 31.0 Å². The molecule has 7 rings (SSSR count). The first kappa shape index (κ1) is 83.1. The molecular weight excluding hydrogens is 1080 g/mol. The molecule has 0 saturated carbocycles. The summed E-state index contributed by atoms with van der Waals surface area (Å²) in [5.74, 6) is -3.34. The molecule has 1 aromatic rings. The van der Waals surface area contributed by atoms with E-state index < -0.39 is 35.3 Å². The third kappa shape index (κ3) is 65.7. The molecule has 15 N–H and O–H groups in total. The van der Waals surface area contributed by atoms with Crippen molar-refractivity contribution in [2.45, 2.75) is 143 Å². The molecule has 6 fully saturated rings. The molecule has 6 aliphatic rings.